The molecular weight excluding hydrogens is 160 g/mol. The van der Waals surface area contributed by atoms with Crippen LogP contribution in [0.5, 0.6) is 0 Å². The normalized spacial score (nSPS) is 9.42. The van der Waals surface area contributed by atoms with Crippen LogP contribution in [0.2, 0.25) is 0 Å². The van der Waals surface area contributed by atoms with Crippen LogP contribution in [0, 0.1) is 0 Å². The first-order valence-corrected chi connectivity index (χ1v) is 3.22. The molecule has 64 valence electrons. The third kappa shape index (κ3) is 1.45. The zero-order valence-electron chi connectivity index (χ0n) is 6.46. The number of hydrogen-bond acceptors (Lipinski definition) is 4. The molecule has 0 aliphatic heterocycles. The lowest BCUT2D eigenvalue weighted by atomic mass is 10.3. The van der Waals surface area contributed by atoms with E-state index in [0.717, 1.165) is 0 Å². The van der Waals surface area contributed by atoms with Crippen LogP contribution in [0.25, 0.3) is 0 Å². The average molecular weight is 168 g/mol. The molecule has 0 bridgehead atoms. The van der Waals surface area contributed by atoms with Gasteiger partial charge in [0.05, 0.1) is 12.8 Å². The first-order chi connectivity index (χ1) is 5.65. The third-order valence-corrected chi connectivity index (χ3v) is 1.34. The first kappa shape index (κ1) is 8.32. The van der Waals surface area contributed by atoms with Gasteiger partial charge in [0.2, 0.25) is 5.56 Å². The van der Waals surface area contributed by atoms with Gasteiger partial charge >= 0.3 is 5.97 Å². The predicted molar refractivity (Wildman–Crippen MR) is 42.8 cm³/mol. The Balaban J connectivity index is 3.22. The Bertz CT molecular complexity index is 356. The number of carbonyl (C=O) groups excluding carboxylic acids is 1. The van der Waals surface area contributed by atoms with Gasteiger partial charge in [-0.05, 0) is 6.07 Å². The highest BCUT2D eigenvalue weighted by atomic mass is 16.5. The van der Waals surface area contributed by atoms with Gasteiger partial charge in [0, 0.05) is 6.07 Å². The molecule has 12 heavy (non-hydrogen) atoms. The maximum Gasteiger partial charge on any atom is 0.356 e. The highest BCUT2D eigenvalue weighted by Crippen LogP contribution is 2.05. The number of pyridine rings is 1. The molecule has 0 radical (unpaired) electrons. The maximum atomic E-state index is 10.9. The molecule has 0 spiro atoms. The number of hydrogen-bond donors (Lipinski definition) is 2. The number of ether oxygens (including phenoxy) is 1. The van der Waals surface area contributed by atoms with Crippen molar-refractivity contribution in [2.45, 2.75) is 0 Å². The van der Waals surface area contributed by atoms with E-state index < -0.39 is 5.97 Å². The fraction of sp³-hybridized carbons (Fsp3) is 0.143. The van der Waals surface area contributed by atoms with Crippen LogP contribution in [-0.2, 0) is 4.74 Å². The SMILES string of the molecule is COC(=O)c1[nH]c(=O)ccc1N. The summed E-state index contributed by atoms with van der Waals surface area (Å²) in [6, 6.07) is 2.59. The molecule has 5 heteroatoms. The molecule has 1 rings (SSSR count). The number of methoxy groups -OCH3 is 1. The quantitative estimate of drug-likeness (QED) is 0.566. The summed E-state index contributed by atoms with van der Waals surface area (Å²) in [7, 11) is 1.22. The molecule has 0 saturated heterocycles. The molecule has 0 amide bonds. The molecule has 3 N–H and O–H groups in total. The van der Waals surface area contributed by atoms with Crippen molar-refractivity contribution in [1.29, 1.82) is 0 Å². The van der Waals surface area contributed by atoms with E-state index in [4.69, 9.17) is 5.73 Å². The summed E-state index contributed by atoms with van der Waals surface area (Å²) in [6.07, 6.45) is 0. The molecule has 1 heterocycles. The van der Waals surface area contributed by atoms with E-state index in [-0.39, 0.29) is 16.9 Å². The van der Waals surface area contributed by atoms with Gasteiger partial charge in [-0.25, -0.2) is 4.79 Å². The van der Waals surface area contributed by atoms with Crippen molar-refractivity contribution >= 4 is 11.7 Å². The second-order valence-corrected chi connectivity index (χ2v) is 2.14. The number of nitrogen functional groups attached to an aromatic ring is 1. The molecule has 0 fully saturated rings. The van der Waals surface area contributed by atoms with E-state index in [1.807, 2.05) is 0 Å². The Hall–Kier alpha value is -1.78. The van der Waals surface area contributed by atoms with Crippen LogP contribution < -0.4 is 11.3 Å². The van der Waals surface area contributed by atoms with Crippen molar-refractivity contribution in [2.24, 2.45) is 0 Å². The minimum Gasteiger partial charge on any atom is -0.464 e. The lowest BCUT2D eigenvalue weighted by molar-refractivity contribution is 0.0595. The smallest absolute Gasteiger partial charge is 0.356 e. The molecule has 5 nitrogen and oxygen atoms in total. The van der Waals surface area contributed by atoms with Gasteiger partial charge < -0.3 is 15.5 Å². The number of nitrogens with two attached hydrogens (primary N) is 1. The molecular formula is C7H8N2O3. The van der Waals surface area contributed by atoms with Crippen LogP contribution in [0.15, 0.2) is 16.9 Å². The monoisotopic (exact) mass is 168 g/mol. The number of aromatic nitrogens is 1. The number of anilines is 1. The van der Waals surface area contributed by atoms with Crippen molar-refractivity contribution in [1.82, 2.24) is 4.98 Å². The second-order valence-electron chi connectivity index (χ2n) is 2.14. The zero-order valence-corrected chi connectivity index (χ0v) is 6.46. The first-order valence-electron chi connectivity index (χ1n) is 3.22. The number of nitrogens with one attached hydrogen (secondary N) is 1. The predicted octanol–water partition coefficient (Wildman–Crippen LogP) is -0.256. The van der Waals surface area contributed by atoms with Crippen molar-refractivity contribution in [3.05, 3.63) is 28.2 Å². The highest BCUT2D eigenvalue weighted by molar-refractivity contribution is 5.92. The van der Waals surface area contributed by atoms with Crippen LogP contribution in [0.1, 0.15) is 10.5 Å². The second kappa shape index (κ2) is 3.08. The Kier molecular flexibility index (Phi) is 2.14. The van der Waals surface area contributed by atoms with Crippen LogP contribution in [0.4, 0.5) is 5.69 Å². The van der Waals surface area contributed by atoms with Gasteiger partial charge in [-0.3, -0.25) is 4.79 Å². The fourth-order valence-electron chi connectivity index (χ4n) is 0.757. The summed E-state index contributed by atoms with van der Waals surface area (Å²) in [6.45, 7) is 0. The minimum absolute atomic E-state index is 0.00926. The molecule has 1 aromatic heterocycles. The molecule has 0 aromatic carbocycles. The molecule has 0 saturated carbocycles. The number of H-pyrrole nitrogens is 1. The summed E-state index contributed by atoms with van der Waals surface area (Å²) in [5.41, 5.74) is 5.20. The molecule has 0 aliphatic carbocycles. The Labute approximate surface area is 68.2 Å². The van der Waals surface area contributed by atoms with Crippen LogP contribution >= 0.6 is 0 Å². The lowest BCUT2D eigenvalue weighted by Gasteiger charge is -2.00. The van der Waals surface area contributed by atoms with Gasteiger partial charge in [-0.15, -0.1) is 0 Å². The van der Waals surface area contributed by atoms with Crippen molar-refractivity contribution in [3.8, 4) is 0 Å². The van der Waals surface area contributed by atoms with E-state index in [2.05, 4.69) is 9.72 Å². The number of aromatic amines is 1. The summed E-state index contributed by atoms with van der Waals surface area (Å²) < 4.78 is 4.38. The van der Waals surface area contributed by atoms with Gasteiger partial charge in [0.15, 0.2) is 5.69 Å². The summed E-state index contributed by atoms with van der Waals surface area (Å²) >= 11 is 0. The lowest BCUT2D eigenvalue weighted by Crippen LogP contribution is -2.15. The molecule has 0 unspecified atom stereocenters. The Morgan fingerprint density at radius 2 is 2.25 bits per heavy atom. The van der Waals surface area contributed by atoms with Crippen molar-refractivity contribution < 1.29 is 9.53 Å². The molecule has 1 aromatic rings. The minimum atomic E-state index is -0.648. The average Bonchev–Trinajstić information content (AvgIpc) is 2.08. The number of rotatable bonds is 1. The van der Waals surface area contributed by atoms with E-state index >= 15 is 0 Å². The largest absolute Gasteiger partial charge is 0.464 e. The van der Waals surface area contributed by atoms with E-state index in [9.17, 15) is 9.59 Å². The van der Waals surface area contributed by atoms with Crippen LogP contribution in [-0.4, -0.2) is 18.1 Å². The van der Waals surface area contributed by atoms with E-state index in [1.165, 1.54) is 19.2 Å². The van der Waals surface area contributed by atoms with Gasteiger partial charge in [0.1, 0.15) is 0 Å². The van der Waals surface area contributed by atoms with Gasteiger partial charge in [0.25, 0.3) is 0 Å². The zero-order chi connectivity index (χ0) is 9.14. The maximum absolute atomic E-state index is 10.9. The highest BCUT2D eigenvalue weighted by Gasteiger charge is 2.09. The molecule has 0 aliphatic rings. The number of carbonyl (C=O) groups is 1. The molecule has 0 atom stereocenters. The Morgan fingerprint density at radius 3 is 2.83 bits per heavy atom. The fourth-order valence-corrected chi connectivity index (χ4v) is 0.757. The van der Waals surface area contributed by atoms with Gasteiger partial charge in [-0.1, -0.05) is 0 Å². The third-order valence-electron chi connectivity index (χ3n) is 1.34. The van der Waals surface area contributed by atoms with E-state index in [1.54, 1.807) is 0 Å². The van der Waals surface area contributed by atoms with Crippen LogP contribution in [0.3, 0.4) is 0 Å². The van der Waals surface area contributed by atoms with E-state index in [0.29, 0.717) is 0 Å². The van der Waals surface area contributed by atoms with Crippen molar-refractivity contribution in [2.75, 3.05) is 12.8 Å². The summed E-state index contributed by atoms with van der Waals surface area (Å²) in [5, 5.41) is 0. The van der Waals surface area contributed by atoms with Gasteiger partial charge in [-0.2, -0.15) is 0 Å². The standard InChI is InChI=1S/C7H8N2O3/c1-12-7(11)6-4(8)2-3-5(10)9-6/h2-3H,8H2,1H3,(H,9,10). The number of esters is 1. The summed E-state index contributed by atoms with van der Waals surface area (Å²) in [5.74, 6) is -0.648. The Morgan fingerprint density at radius 1 is 1.58 bits per heavy atom. The summed E-state index contributed by atoms with van der Waals surface area (Å²) in [4.78, 5) is 23.9. The van der Waals surface area contributed by atoms with Crippen molar-refractivity contribution in [3.63, 3.8) is 0 Å². The topological polar surface area (TPSA) is 85.2 Å².